The van der Waals surface area contributed by atoms with Crippen molar-refractivity contribution in [1.29, 1.82) is 0 Å². The van der Waals surface area contributed by atoms with E-state index < -0.39 is 0 Å². The van der Waals surface area contributed by atoms with Gasteiger partial charge >= 0.3 is 11.9 Å². The number of unbranched alkanes of at least 4 members (excludes halogenated alkanes) is 24. The lowest BCUT2D eigenvalue weighted by molar-refractivity contribution is -0.150. The average molecular weight is 810 g/mol. The second-order valence-electron chi connectivity index (χ2n) is 16.7. The molecule has 0 rings (SSSR count). The molecule has 0 aromatic rings. The van der Waals surface area contributed by atoms with E-state index in [1.807, 2.05) is 7.05 Å². The molecule has 0 aromatic carbocycles. The summed E-state index contributed by atoms with van der Waals surface area (Å²) in [5, 5.41) is 6.50. The Morgan fingerprint density at radius 1 is 0.518 bits per heavy atom. The monoisotopic (exact) mass is 810 g/mol. The lowest BCUT2D eigenvalue weighted by Gasteiger charge is -2.22. The second kappa shape index (κ2) is 44.8. The summed E-state index contributed by atoms with van der Waals surface area (Å²) in [6.07, 6.45) is 39.8. The molecular formula is C48H95N3O4S. The molecule has 0 atom stereocenters. The van der Waals surface area contributed by atoms with E-state index in [2.05, 4.69) is 36.3 Å². The first-order valence-electron chi connectivity index (χ1n) is 24.4. The summed E-state index contributed by atoms with van der Waals surface area (Å²) >= 11 is 5.39. The maximum Gasteiger partial charge on any atom is 0.306 e. The van der Waals surface area contributed by atoms with Gasteiger partial charge < -0.3 is 25.0 Å². The fourth-order valence-electron chi connectivity index (χ4n) is 7.49. The number of esters is 2. The summed E-state index contributed by atoms with van der Waals surface area (Å²) in [6.45, 7) is 12.4. The third kappa shape index (κ3) is 40.9. The Morgan fingerprint density at radius 2 is 0.929 bits per heavy atom. The summed E-state index contributed by atoms with van der Waals surface area (Å²) in [4.78, 5) is 28.5. The standard InChI is InChI=1S/C48H95N3O4S/c1-5-8-11-14-17-26-33-43-54-47(52)37-29-22-18-24-31-40-51(42-34-39-50-46(56)44-49-4)41-32-25-19-23-30-38-48(53)55-45(35-27-20-15-12-9-6-2)36-28-21-16-13-10-7-3/h45,49H,5-44H2,1-4H3,(H,50,56). The number of nitrogens with zero attached hydrogens (tertiary/aromatic N) is 1. The van der Waals surface area contributed by atoms with Gasteiger partial charge in [0, 0.05) is 25.9 Å². The van der Waals surface area contributed by atoms with Crippen molar-refractivity contribution in [3.8, 4) is 0 Å². The molecule has 0 saturated heterocycles. The first kappa shape index (κ1) is 54.8. The largest absolute Gasteiger partial charge is 0.466 e. The van der Waals surface area contributed by atoms with Gasteiger partial charge in [-0.05, 0) is 90.9 Å². The fraction of sp³-hybridized carbons (Fsp3) is 0.938. The number of rotatable bonds is 45. The van der Waals surface area contributed by atoms with Gasteiger partial charge in [0.25, 0.3) is 0 Å². The fourth-order valence-corrected chi connectivity index (χ4v) is 7.73. The van der Waals surface area contributed by atoms with Crippen LogP contribution in [0.3, 0.4) is 0 Å². The topological polar surface area (TPSA) is 79.9 Å². The highest BCUT2D eigenvalue weighted by molar-refractivity contribution is 7.80. The van der Waals surface area contributed by atoms with Crippen LogP contribution < -0.4 is 10.6 Å². The van der Waals surface area contributed by atoms with Gasteiger partial charge in [-0.15, -0.1) is 0 Å². The van der Waals surface area contributed by atoms with Crippen molar-refractivity contribution in [2.24, 2.45) is 0 Å². The highest BCUT2D eigenvalue weighted by Gasteiger charge is 2.14. The van der Waals surface area contributed by atoms with E-state index in [0.29, 0.717) is 19.4 Å². The van der Waals surface area contributed by atoms with E-state index in [1.165, 1.54) is 154 Å². The van der Waals surface area contributed by atoms with Crippen molar-refractivity contribution in [2.45, 2.75) is 245 Å². The maximum absolute atomic E-state index is 12.8. The molecule has 0 fully saturated rings. The highest BCUT2D eigenvalue weighted by Crippen LogP contribution is 2.18. The zero-order valence-corrected chi connectivity index (χ0v) is 38.7. The normalized spacial score (nSPS) is 11.5. The summed E-state index contributed by atoms with van der Waals surface area (Å²) in [6, 6.07) is 0. The summed E-state index contributed by atoms with van der Waals surface area (Å²) in [7, 11) is 1.93. The van der Waals surface area contributed by atoms with Crippen LogP contribution in [0.2, 0.25) is 0 Å². The minimum absolute atomic E-state index is 0.0175. The van der Waals surface area contributed by atoms with Crippen LogP contribution in [-0.2, 0) is 19.1 Å². The second-order valence-corrected chi connectivity index (χ2v) is 17.2. The van der Waals surface area contributed by atoms with Crippen LogP contribution in [0.15, 0.2) is 0 Å². The number of likely N-dealkylation sites (N-methyl/N-ethyl adjacent to an activating group) is 1. The molecule has 0 saturated carbocycles. The number of carbonyl (C=O) groups excluding carboxylic acids is 2. The zero-order chi connectivity index (χ0) is 41.0. The van der Waals surface area contributed by atoms with Crippen LogP contribution in [0.1, 0.15) is 239 Å². The lowest BCUT2D eigenvalue weighted by atomic mass is 10.0. The molecular weight excluding hydrogens is 715 g/mol. The molecule has 2 N–H and O–H groups in total. The van der Waals surface area contributed by atoms with E-state index in [4.69, 9.17) is 21.7 Å². The van der Waals surface area contributed by atoms with Crippen molar-refractivity contribution < 1.29 is 19.1 Å². The zero-order valence-electron chi connectivity index (χ0n) is 37.9. The molecule has 0 aromatic heterocycles. The Balaban J connectivity index is 4.34. The predicted molar refractivity (Wildman–Crippen MR) is 246 cm³/mol. The van der Waals surface area contributed by atoms with Crippen molar-refractivity contribution in [2.75, 3.05) is 46.4 Å². The lowest BCUT2D eigenvalue weighted by Crippen LogP contribution is -2.34. The summed E-state index contributed by atoms with van der Waals surface area (Å²) in [5.74, 6) is 0.0100. The van der Waals surface area contributed by atoms with Crippen LogP contribution in [0.25, 0.3) is 0 Å². The van der Waals surface area contributed by atoms with E-state index in [0.717, 1.165) is 89.1 Å². The Morgan fingerprint density at radius 3 is 1.43 bits per heavy atom. The molecule has 0 heterocycles. The Kier molecular flexibility index (Phi) is 43.8. The molecule has 0 aliphatic carbocycles. The predicted octanol–water partition coefficient (Wildman–Crippen LogP) is 13.2. The van der Waals surface area contributed by atoms with Gasteiger partial charge in [-0.2, -0.15) is 0 Å². The number of carbonyl (C=O) groups is 2. The van der Waals surface area contributed by atoms with Crippen LogP contribution in [-0.4, -0.2) is 74.3 Å². The molecule has 0 unspecified atom stereocenters. The van der Waals surface area contributed by atoms with Crippen LogP contribution in [0, 0.1) is 0 Å². The molecule has 56 heavy (non-hydrogen) atoms. The van der Waals surface area contributed by atoms with Crippen molar-refractivity contribution in [1.82, 2.24) is 15.5 Å². The molecule has 0 aliphatic rings. The van der Waals surface area contributed by atoms with Gasteiger partial charge in [0.2, 0.25) is 0 Å². The van der Waals surface area contributed by atoms with Crippen molar-refractivity contribution in [3.63, 3.8) is 0 Å². The van der Waals surface area contributed by atoms with E-state index in [9.17, 15) is 9.59 Å². The smallest absolute Gasteiger partial charge is 0.306 e. The molecule has 0 radical (unpaired) electrons. The highest BCUT2D eigenvalue weighted by atomic mass is 32.1. The van der Waals surface area contributed by atoms with E-state index in [1.54, 1.807) is 0 Å². The van der Waals surface area contributed by atoms with E-state index >= 15 is 0 Å². The van der Waals surface area contributed by atoms with Gasteiger partial charge in [-0.1, -0.05) is 174 Å². The third-order valence-corrected chi connectivity index (χ3v) is 11.4. The van der Waals surface area contributed by atoms with Gasteiger partial charge in [0.15, 0.2) is 0 Å². The Labute approximate surface area is 354 Å². The molecule has 332 valence electrons. The minimum Gasteiger partial charge on any atom is -0.466 e. The van der Waals surface area contributed by atoms with Gasteiger partial charge in [0.05, 0.1) is 11.6 Å². The minimum atomic E-state index is -0.0175. The molecule has 0 amide bonds. The number of hydrogen-bond donors (Lipinski definition) is 2. The number of hydrogen-bond acceptors (Lipinski definition) is 7. The quantitative estimate of drug-likeness (QED) is 0.0358. The first-order valence-corrected chi connectivity index (χ1v) is 24.9. The van der Waals surface area contributed by atoms with Crippen LogP contribution >= 0.6 is 12.2 Å². The molecule has 8 heteroatoms. The van der Waals surface area contributed by atoms with E-state index in [-0.39, 0.29) is 18.0 Å². The number of thiocarbonyl (C=S) groups is 1. The van der Waals surface area contributed by atoms with Gasteiger partial charge in [0.1, 0.15) is 6.10 Å². The number of ether oxygens (including phenoxy) is 2. The Bertz CT molecular complexity index is 844. The SMILES string of the molecule is CCCCCCCCCOC(=O)CCCCCCCN(CCCCCCCC(=O)OC(CCCCCCCC)CCCCCCCC)CCCNC(=S)CNC. The van der Waals surface area contributed by atoms with Crippen molar-refractivity contribution >= 4 is 29.1 Å². The first-order chi connectivity index (χ1) is 27.5. The molecule has 0 spiro atoms. The molecule has 7 nitrogen and oxygen atoms in total. The van der Waals surface area contributed by atoms with Crippen LogP contribution in [0.4, 0.5) is 0 Å². The van der Waals surface area contributed by atoms with Crippen molar-refractivity contribution in [3.05, 3.63) is 0 Å². The maximum atomic E-state index is 12.8. The number of nitrogens with one attached hydrogen (secondary N) is 2. The molecule has 0 bridgehead atoms. The van der Waals surface area contributed by atoms with Crippen LogP contribution in [0.5, 0.6) is 0 Å². The van der Waals surface area contributed by atoms with Gasteiger partial charge in [-0.3, -0.25) is 9.59 Å². The molecule has 0 aliphatic heterocycles. The van der Waals surface area contributed by atoms with Gasteiger partial charge in [-0.25, -0.2) is 0 Å². The summed E-state index contributed by atoms with van der Waals surface area (Å²) < 4.78 is 11.5. The Hall–Kier alpha value is -1.25. The average Bonchev–Trinajstić information content (AvgIpc) is 3.18. The summed E-state index contributed by atoms with van der Waals surface area (Å²) in [5.41, 5.74) is 0. The third-order valence-electron chi connectivity index (χ3n) is 11.1.